The van der Waals surface area contributed by atoms with Gasteiger partial charge in [-0.3, -0.25) is 20.4 Å². The Hall–Kier alpha value is -3.09. The predicted octanol–water partition coefficient (Wildman–Crippen LogP) is 2.05. The van der Waals surface area contributed by atoms with Crippen LogP contribution in [0.15, 0.2) is 42.5 Å². The van der Waals surface area contributed by atoms with Gasteiger partial charge in [0.1, 0.15) is 17.3 Å². The van der Waals surface area contributed by atoms with E-state index in [1.807, 2.05) is 26.0 Å². The molecule has 0 atom stereocenters. The van der Waals surface area contributed by atoms with Crippen LogP contribution in [-0.2, 0) is 9.59 Å². The Labute approximate surface area is 144 Å². The van der Waals surface area contributed by atoms with Gasteiger partial charge in [0.25, 0.3) is 11.8 Å². The summed E-state index contributed by atoms with van der Waals surface area (Å²) in [7, 11) is 0. The maximum absolute atomic E-state index is 12.7. The second-order valence-electron chi connectivity index (χ2n) is 5.40. The monoisotopic (exact) mass is 346 g/mol. The van der Waals surface area contributed by atoms with Crippen LogP contribution in [0, 0.1) is 19.7 Å². The van der Waals surface area contributed by atoms with Gasteiger partial charge in [0.2, 0.25) is 0 Å². The number of carbonyl (C=O) groups excluding carboxylic acids is 2. The number of hydrogen-bond acceptors (Lipinski definition) is 4. The summed E-state index contributed by atoms with van der Waals surface area (Å²) in [4.78, 5) is 23.3. The second kappa shape index (κ2) is 8.68. The quantitative estimate of drug-likeness (QED) is 0.785. The van der Waals surface area contributed by atoms with E-state index in [0.717, 1.165) is 11.1 Å². The van der Waals surface area contributed by atoms with Crippen LogP contribution in [0.25, 0.3) is 0 Å². The van der Waals surface area contributed by atoms with Crippen molar-refractivity contribution in [3.63, 3.8) is 0 Å². The topological polar surface area (TPSA) is 76.7 Å². The molecular weight excluding hydrogens is 327 g/mol. The summed E-state index contributed by atoms with van der Waals surface area (Å²) in [5.74, 6) is -0.500. The van der Waals surface area contributed by atoms with Crippen molar-refractivity contribution in [1.82, 2.24) is 10.9 Å². The number of benzene rings is 2. The number of hydrogen-bond donors (Lipinski definition) is 2. The van der Waals surface area contributed by atoms with E-state index < -0.39 is 17.6 Å². The largest absolute Gasteiger partial charge is 0.484 e. The zero-order valence-corrected chi connectivity index (χ0v) is 14.0. The van der Waals surface area contributed by atoms with Crippen LogP contribution in [0.4, 0.5) is 4.39 Å². The van der Waals surface area contributed by atoms with E-state index in [1.165, 1.54) is 24.3 Å². The van der Waals surface area contributed by atoms with Crippen molar-refractivity contribution in [3.05, 3.63) is 59.4 Å². The van der Waals surface area contributed by atoms with Gasteiger partial charge < -0.3 is 9.47 Å². The Kier molecular flexibility index (Phi) is 6.33. The number of aryl methyl sites for hydroxylation is 2. The first kappa shape index (κ1) is 18.3. The van der Waals surface area contributed by atoms with Gasteiger partial charge in [0, 0.05) is 0 Å². The third-order valence-corrected chi connectivity index (χ3v) is 3.21. The predicted molar refractivity (Wildman–Crippen MR) is 89.6 cm³/mol. The minimum Gasteiger partial charge on any atom is -0.484 e. The Bertz CT molecular complexity index is 747. The van der Waals surface area contributed by atoms with E-state index in [0.29, 0.717) is 11.5 Å². The van der Waals surface area contributed by atoms with Crippen molar-refractivity contribution in [2.24, 2.45) is 0 Å². The molecule has 25 heavy (non-hydrogen) atoms. The molecule has 2 aromatic carbocycles. The number of nitrogens with one attached hydrogen (secondary N) is 2. The highest BCUT2D eigenvalue weighted by molar-refractivity contribution is 5.83. The smallest absolute Gasteiger partial charge is 0.276 e. The third kappa shape index (κ3) is 6.14. The summed E-state index contributed by atoms with van der Waals surface area (Å²) in [6.07, 6.45) is 0. The van der Waals surface area contributed by atoms with Crippen LogP contribution >= 0.6 is 0 Å². The lowest BCUT2D eigenvalue weighted by atomic mass is 10.1. The first-order chi connectivity index (χ1) is 11.9. The standard InChI is InChI=1S/C18H19FN2O4/c1-12-3-8-16(13(2)9-12)25-11-18(23)21-20-17(22)10-24-15-6-4-14(19)5-7-15/h3-9H,10-11H2,1-2H3,(H,20,22)(H,21,23). The van der Waals surface area contributed by atoms with Gasteiger partial charge in [-0.05, 0) is 49.7 Å². The summed E-state index contributed by atoms with van der Waals surface area (Å²) in [6.45, 7) is 3.30. The molecule has 0 fully saturated rings. The molecule has 0 aliphatic carbocycles. The summed E-state index contributed by atoms with van der Waals surface area (Å²) in [5, 5.41) is 0. The molecule has 2 aromatic rings. The minimum absolute atomic E-state index is 0.233. The number of halogens is 1. The highest BCUT2D eigenvalue weighted by atomic mass is 19.1. The van der Waals surface area contributed by atoms with Gasteiger partial charge in [-0.25, -0.2) is 4.39 Å². The average Bonchev–Trinajstić information content (AvgIpc) is 2.58. The zero-order valence-electron chi connectivity index (χ0n) is 14.0. The molecule has 2 rings (SSSR count). The summed E-state index contributed by atoms with van der Waals surface area (Å²) < 4.78 is 23.3. The lowest BCUT2D eigenvalue weighted by Gasteiger charge is -2.11. The van der Waals surface area contributed by atoms with E-state index in [-0.39, 0.29) is 13.2 Å². The van der Waals surface area contributed by atoms with Crippen molar-refractivity contribution < 1.29 is 23.5 Å². The Morgan fingerprint density at radius 1 is 0.920 bits per heavy atom. The van der Waals surface area contributed by atoms with Crippen molar-refractivity contribution in [3.8, 4) is 11.5 Å². The second-order valence-corrected chi connectivity index (χ2v) is 5.40. The van der Waals surface area contributed by atoms with Crippen LogP contribution in [-0.4, -0.2) is 25.0 Å². The van der Waals surface area contributed by atoms with E-state index in [4.69, 9.17) is 9.47 Å². The van der Waals surface area contributed by atoms with Crippen LogP contribution in [0.3, 0.4) is 0 Å². The van der Waals surface area contributed by atoms with Crippen molar-refractivity contribution in [1.29, 1.82) is 0 Å². The number of hydrazine groups is 1. The fraction of sp³-hybridized carbons (Fsp3) is 0.222. The van der Waals surface area contributed by atoms with E-state index in [1.54, 1.807) is 6.07 Å². The van der Waals surface area contributed by atoms with Crippen molar-refractivity contribution >= 4 is 11.8 Å². The molecule has 0 saturated heterocycles. The van der Waals surface area contributed by atoms with Gasteiger partial charge in [-0.15, -0.1) is 0 Å². The number of carbonyl (C=O) groups is 2. The third-order valence-electron chi connectivity index (χ3n) is 3.21. The first-order valence-electron chi connectivity index (χ1n) is 7.60. The Morgan fingerprint density at radius 2 is 1.52 bits per heavy atom. The Balaban J connectivity index is 1.68. The lowest BCUT2D eigenvalue weighted by Crippen LogP contribution is -2.45. The maximum Gasteiger partial charge on any atom is 0.276 e. The van der Waals surface area contributed by atoms with Crippen LogP contribution in [0.5, 0.6) is 11.5 Å². The molecule has 0 radical (unpaired) electrons. The lowest BCUT2D eigenvalue weighted by molar-refractivity contribution is -0.131. The number of amides is 2. The molecule has 6 nitrogen and oxygen atoms in total. The minimum atomic E-state index is -0.552. The van der Waals surface area contributed by atoms with Crippen molar-refractivity contribution in [2.45, 2.75) is 13.8 Å². The zero-order chi connectivity index (χ0) is 18.2. The summed E-state index contributed by atoms with van der Waals surface area (Å²) >= 11 is 0. The molecule has 0 spiro atoms. The Morgan fingerprint density at radius 3 is 2.12 bits per heavy atom. The molecule has 0 heterocycles. The fourth-order valence-corrected chi connectivity index (χ4v) is 2.00. The van der Waals surface area contributed by atoms with E-state index in [9.17, 15) is 14.0 Å². The maximum atomic E-state index is 12.7. The molecular formula is C18H19FN2O4. The molecule has 7 heteroatoms. The molecule has 132 valence electrons. The van der Waals surface area contributed by atoms with Gasteiger partial charge in [0.15, 0.2) is 13.2 Å². The molecule has 0 aliphatic rings. The van der Waals surface area contributed by atoms with Gasteiger partial charge in [-0.1, -0.05) is 17.7 Å². The number of rotatable bonds is 6. The summed E-state index contributed by atoms with van der Waals surface area (Å²) in [6, 6.07) is 10.9. The first-order valence-corrected chi connectivity index (χ1v) is 7.60. The molecule has 0 bridgehead atoms. The van der Waals surface area contributed by atoms with E-state index >= 15 is 0 Å². The SMILES string of the molecule is Cc1ccc(OCC(=O)NNC(=O)COc2ccc(F)cc2)c(C)c1. The van der Waals surface area contributed by atoms with Crippen LogP contribution < -0.4 is 20.3 Å². The molecule has 0 saturated carbocycles. The summed E-state index contributed by atoms with van der Waals surface area (Å²) in [5.41, 5.74) is 6.45. The molecule has 2 amide bonds. The molecule has 0 aromatic heterocycles. The molecule has 0 aliphatic heterocycles. The highest BCUT2D eigenvalue weighted by Crippen LogP contribution is 2.18. The average molecular weight is 346 g/mol. The highest BCUT2D eigenvalue weighted by Gasteiger charge is 2.08. The molecule has 0 unspecified atom stereocenters. The fourth-order valence-electron chi connectivity index (χ4n) is 2.00. The normalized spacial score (nSPS) is 10.0. The molecule has 2 N–H and O–H groups in total. The van der Waals surface area contributed by atoms with Gasteiger partial charge in [-0.2, -0.15) is 0 Å². The van der Waals surface area contributed by atoms with Gasteiger partial charge in [0.05, 0.1) is 0 Å². The van der Waals surface area contributed by atoms with Crippen molar-refractivity contribution in [2.75, 3.05) is 13.2 Å². The van der Waals surface area contributed by atoms with Crippen LogP contribution in [0.2, 0.25) is 0 Å². The van der Waals surface area contributed by atoms with E-state index in [2.05, 4.69) is 10.9 Å². The number of ether oxygens (including phenoxy) is 2. The van der Waals surface area contributed by atoms with Gasteiger partial charge >= 0.3 is 0 Å². The van der Waals surface area contributed by atoms with Crippen LogP contribution in [0.1, 0.15) is 11.1 Å².